The number of allylic oxidation sites excluding steroid dienone is 2. The maximum absolute atomic E-state index is 11.9. The van der Waals surface area contributed by atoms with Crippen LogP contribution in [0, 0.1) is 5.92 Å². The second kappa shape index (κ2) is 11.4. The number of aryl methyl sites for hydroxylation is 1. The predicted octanol–water partition coefficient (Wildman–Crippen LogP) is 3.73. The van der Waals surface area contributed by atoms with Gasteiger partial charge in [0.1, 0.15) is 11.6 Å². The van der Waals surface area contributed by atoms with Crippen molar-refractivity contribution in [1.82, 2.24) is 40.4 Å². The first-order valence-electron chi connectivity index (χ1n) is 13.8. The lowest BCUT2D eigenvalue weighted by molar-refractivity contribution is -0.136. The molecule has 1 fully saturated rings. The maximum Gasteiger partial charge on any atom is 0.220 e. The van der Waals surface area contributed by atoms with Crippen molar-refractivity contribution >= 4 is 22.8 Å². The molecule has 206 valence electrons. The quantitative estimate of drug-likeness (QED) is 0.406. The van der Waals surface area contributed by atoms with E-state index >= 15 is 0 Å². The molecular weight excluding hydrogens is 490 g/mol. The van der Waals surface area contributed by atoms with Crippen molar-refractivity contribution in [1.29, 1.82) is 0 Å². The van der Waals surface area contributed by atoms with Crippen LogP contribution < -0.4 is 16.2 Å². The zero-order valence-electron chi connectivity index (χ0n) is 23.5. The average Bonchev–Trinajstić information content (AvgIpc) is 3.37. The summed E-state index contributed by atoms with van der Waals surface area (Å²) in [6.45, 7) is 13.9. The third-order valence-corrected chi connectivity index (χ3v) is 7.41. The number of nitrogens with zero attached hydrogens (tertiary/aromatic N) is 6. The molecule has 10 heteroatoms. The van der Waals surface area contributed by atoms with Gasteiger partial charge < -0.3 is 15.6 Å². The highest BCUT2D eigenvalue weighted by atomic mass is 16.2. The molecule has 0 aromatic carbocycles. The molecule has 2 atom stereocenters. The molecule has 5 rings (SSSR count). The van der Waals surface area contributed by atoms with Crippen molar-refractivity contribution in [2.75, 3.05) is 25.0 Å². The number of hydrogen-bond donors (Lipinski definition) is 3. The van der Waals surface area contributed by atoms with Gasteiger partial charge in [-0.15, -0.1) is 0 Å². The lowest BCUT2D eigenvalue weighted by Gasteiger charge is -2.44. The summed E-state index contributed by atoms with van der Waals surface area (Å²) in [5.74, 6) is 2.18. The fourth-order valence-corrected chi connectivity index (χ4v) is 5.54. The van der Waals surface area contributed by atoms with Crippen molar-refractivity contribution in [2.45, 2.75) is 59.7 Å². The molecule has 0 saturated carbocycles. The van der Waals surface area contributed by atoms with Gasteiger partial charge in [0, 0.05) is 74.9 Å². The molecule has 39 heavy (non-hydrogen) atoms. The van der Waals surface area contributed by atoms with Crippen LogP contribution in [0.1, 0.15) is 41.0 Å². The van der Waals surface area contributed by atoms with Crippen molar-refractivity contribution in [3.8, 4) is 11.1 Å². The number of piperazine rings is 1. The Morgan fingerprint density at radius 3 is 2.64 bits per heavy atom. The van der Waals surface area contributed by atoms with E-state index in [0.717, 1.165) is 66.4 Å². The zero-order chi connectivity index (χ0) is 27.5. The van der Waals surface area contributed by atoms with Gasteiger partial charge in [0.15, 0.2) is 0 Å². The van der Waals surface area contributed by atoms with E-state index in [0.29, 0.717) is 5.92 Å². The van der Waals surface area contributed by atoms with Crippen LogP contribution in [0.5, 0.6) is 0 Å². The summed E-state index contributed by atoms with van der Waals surface area (Å²) < 4.78 is 2.00. The van der Waals surface area contributed by atoms with E-state index in [9.17, 15) is 4.79 Å². The van der Waals surface area contributed by atoms with E-state index in [1.165, 1.54) is 5.57 Å². The zero-order valence-corrected chi connectivity index (χ0v) is 23.5. The second-order valence-corrected chi connectivity index (χ2v) is 10.9. The van der Waals surface area contributed by atoms with Gasteiger partial charge in [0.05, 0.1) is 17.2 Å². The average molecular weight is 530 g/mol. The van der Waals surface area contributed by atoms with Crippen LogP contribution in [-0.4, -0.2) is 67.2 Å². The van der Waals surface area contributed by atoms with Crippen LogP contribution in [-0.2, 0) is 11.3 Å². The second-order valence-electron chi connectivity index (χ2n) is 10.9. The highest BCUT2D eigenvalue weighted by molar-refractivity contribution is 5.81. The van der Waals surface area contributed by atoms with Crippen LogP contribution in [0.15, 0.2) is 60.5 Å². The minimum Gasteiger partial charge on any atom is -0.335 e. The van der Waals surface area contributed by atoms with E-state index in [4.69, 9.17) is 4.98 Å². The Morgan fingerprint density at radius 2 is 1.90 bits per heavy atom. The number of carbonyl (C=O) groups excluding carboxylic acids is 1. The Balaban J connectivity index is 1.21. The SMILES string of the molecule is CC(=O)N1[C@H](C)CN(CCCn2cc(-c3cnc4ccc(NC5=CC(C(C)C)=CNN5)nc4c3)cn2)C[C@@H]1C. The van der Waals surface area contributed by atoms with Crippen LogP contribution in [0.2, 0.25) is 0 Å². The van der Waals surface area contributed by atoms with Gasteiger partial charge in [-0.3, -0.25) is 24.8 Å². The first-order chi connectivity index (χ1) is 18.8. The Kier molecular flexibility index (Phi) is 7.83. The molecule has 3 aromatic rings. The minimum atomic E-state index is 0.165. The molecule has 0 aliphatic carbocycles. The molecule has 0 unspecified atom stereocenters. The van der Waals surface area contributed by atoms with E-state index in [-0.39, 0.29) is 18.0 Å². The van der Waals surface area contributed by atoms with Crippen LogP contribution in [0.4, 0.5) is 5.82 Å². The molecule has 1 amide bonds. The Morgan fingerprint density at radius 1 is 1.10 bits per heavy atom. The van der Waals surface area contributed by atoms with Crippen molar-refractivity contribution in [2.24, 2.45) is 5.92 Å². The van der Waals surface area contributed by atoms with E-state index in [1.54, 1.807) is 6.92 Å². The fourth-order valence-electron chi connectivity index (χ4n) is 5.54. The third kappa shape index (κ3) is 6.22. The van der Waals surface area contributed by atoms with Crippen molar-refractivity contribution < 1.29 is 4.79 Å². The van der Waals surface area contributed by atoms with Gasteiger partial charge in [-0.25, -0.2) is 4.98 Å². The number of pyridine rings is 2. The summed E-state index contributed by atoms with van der Waals surface area (Å²) in [6.07, 6.45) is 10.9. The molecule has 10 nitrogen and oxygen atoms in total. The third-order valence-electron chi connectivity index (χ3n) is 7.41. The first-order valence-corrected chi connectivity index (χ1v) is 13.8. The van der Waals surface area contributed by atoms with Crippen LogP contribution in [0.3, 0.4) is 0 Å². The molecule has 0 bridgehead atoms. The van der Waals surface area contributed by atoms with E-state index < -0.39 is 0 Å². The lowest BCUT2D eigenvalue weighted by Crippen LogP contribution is -2.58. The summed E-state index contributed by atoms with van der Waals surface area (Å²) >= 11 is 0. The van der Waals surface area contributed by atoms with Gasteiger partial charge in [0.25, 0.3) is 0 Å². The number of carbonyl (C=O) groups is 1. The van der Waals surface area contributed by atoms with Gasteiger partial charge in [0.2, 0.25) is 5.91 Å². The number of rotatable bonds is 8. The number of aromatic nitrogens is 4. The number of amides is 1. The predicted molar refractivity (Wildman–Crippen MR) is 154 cm³/mol. The molecular formula is C29H39N9O. The van der Waals surface area contributed by atoms with Gasteiger partial charge in [-0.2, -0.15) is 5.10 Å². The lowest BCUT2D eigenvalue weighted by atomic mass is 10.0. The fraction of sp³-hybridized carbons (Fsp3) is 0.448. The summed E-state index contributed by atoms with van der Waals surface area (Å²) in [6, 6.07) is 6.46. The minimum absolute atomic E-state index is 0.165. The number of anilines is 1. The maximum atomic E-state index is 11.9. The van der Waals surface area contributed by atoms with E-state index in [2.05, 4.69) is 77.2 Å². The Labute approximate surface area is 230 Å². The summed E-state index contributed by atoms with van der Waals surface area (Å²) in [7, 11) is 0. The van der Waals surface area contributed by atoms with Gasteiger partial charge >= 0.3 is 0 Å². The molecule has 2 aliphatic rings. The highest BCUT2D eigenvalue weighted by Crippen LogP contribution is 2.24. The number of hydrogen-bond acceptors (Lipinski definition) is 8. The summed E-state index contributed by atoms with van der Waals surface area (Å²) in [4.78, 5) is 25.8. The highest BCUT2D eigenvalue weighted by Gasteiger charge is 2.30. The molecule has 1 saturated heterocycles. The molecule has 2 aliphatic heterocycles. The van der Waals surface area contributed by atoms with E-state index in [1.807, 2.05) is 40.3 Å². The van der Waals surface area contributed by atoms with Gasteiger partial charge in [-0.1, -0.05) is 13.8 Å². The normalized spacial score (nSPS) is 19.9. The monoisotopic (exact) mass is 529 g/mol. The Hall–Kier alpha value is -3.92. The van der Waals surface area contributed by atoms with Crippen molar-refractivity contribution in [3.05, 3.63) is 60.5 Å². The van der Waals surface area contributed by atoms with Crippen LogP contribution in [0.25, 0.3) is 22.2 Å². The number of nitrogens with one attached hydrogen (secondary N) is 3. The van der Waals surface area contributed by atoms with Crippen molar-refractivity contribution in [3.63, 3.8) is 0 Å². The number of fused-ring (bicyclic) bond motifs is 1. The standard InChI is InChI=1S/C29H39N9O/c1-19(2)23-12-29(35-31-14-23)34-28-8-7-26-27(33-28)11-24(13-30-26)25-15-32-37(18-25)10-6-9-36-16-20(3)38(22(5)39)21(4)17-36/h7-8,11-15,18-21,31,35H,6,9-10,16-17H2,1-5H3,(H,33,34)/t20-,21+. The molecule has 0 radical (unpaired) electrons. The molecule has 3 N–H and O–H groups in total. The summed E-state index contributed by atoms with van der Waals surface area (Å²) in [5, 5.41) is 7.95. The smallest absolute Gasteiger partial charge is 0.220 e. The largest absolute Gasteiger partial charge is 0.335 e. The molecule has 0 spiro atoms. The van der Waals surface area contributed by atoms with Crippen LogP contribution >= 0.6 is 0 Å². The number of hydrazine groups is 1. The Bertz CT molecular complexity index is 1380. The topological polar surface area (TPSA) is 103 Å². The molecule has 5 heterocycles. The van der Waals surface area contributed by atoms with Gasteiger partial charge in [-0.05, 0) is 56.0 Å². The first kappa shape index (κ1) is 26.7. The molecule has 3 aromatic heterocycles. The summed E-state index contributed by atoms with van der Waals surface area (Å²) in [5.41, 5.74) is 11.1.